The molecule has 0 spiro atoms. The fourth-order valence-electron chi connectivity index (χ4n) is 3.34. The van der Waals surface area contributed by atoms with Crippen molar-refractivity contribution in [3.05, 3.63) is 28.3 Å². The first-order chi connectivity index (χ1) is 13.7. The predicted molar refractivity (Wildman–Crippen MR) is 106 cm³/mol. The number of morpholine rings is 1. The van der Waals surface area contributed by atoms with E-state index in [1.165, 1.54) is 16.4 Å². The minimum Gasteiger partial charge on any atom is -0.379 e. The molecule has 1 aromatic carbocycles. The third-order valence-electron chi connectivity index (χ3n) is 4.88. The van der Waals surface area contributed by atoms with Gasteiger partial charge in [-0.25, -0.2) is 16.8 Å². The summed E-state index contributed by atoms with van der Waals surface area (Å²) in [6.07, 6.45) is 0.552. The van der Waals surface area contributed by atoms with Gasteiger partial charge in [-0.15, -0.1) is 0 Å². The third-order valence-corrected chi connectivity index (χ3v) is 8.54. The molecule has 2 aliphatic rings. The van der Waals surface area contributed by atoms with E-state index < -0.39 is 24.8 Å². The van der Waals surface area contributed by atoms with E-state index in [9.17, 15) is 26.9 Å². The summed E-state index contributed by atoms with van der Waals surface area (Å²) in [5.74, 6) is 0.268. The van der Waals surface area contributed by atoms with Crippen molar-refractivity contribution in [1.29, 1.82) is 0 Å². The normalized spacial score (nSPS) is 22.4. The van der Waals surface area contributed by atoms with E-state index in [1.807, 2.05) is 0 Å². The summed E-state index contributed by atoms with van der Waals surface area (Å²) in [6, 6.07) is 3.67. The van der Waals surface area contributed by atoms with Gasteiger partial charge in [-0.1, -0.05) is 0 Å². The number of rotatable bonds is 8. The second-order valence-corrected chi connectivity index (χ2v) is 11.1. The van der Waals surface area contributed by atoms with Crippen LogP contribution in [-0.2, 0) is 24.6 Å². The summed E-state index contributed by atoms with van der Waals surface area (Å²) in [5, 5.41) is 17.5. The van der Waals surface area contributed by atoms with Crippen molar-refractivity contribution in [2.75, 3.05) is 56.2 Å². The maximum absolute atomic E-state index is 12.7. The molecular weight excluding hydrogens is 424 g/mol. The molecule has 2 saturated heterocycles. The Balaban J connectivity index is 1.64. The molecule has 0 saturated carbocycles. The van der Waals surface area contributed by atoms with Gasteiger partial charge >= 0.3 is 0 Å². The highest BCUT2D eigenvalue weighted by Crippen LogP contribution is 2.29. The molecule has 162 valence electrons. The number of nitro benzene ring substituents is 1. The Morgan fingerprint density at radius 1 is 1.24 bits per heavy atom. The van der Waals surface area contributed by atoms with Gasteiger partial charge in [0.2, 0.25) is 10.0 Å². The molecule has 0 aliphatic carbocycles. The number of nitro groups is 1. The lowest BCUT2D eigenvalue weighted by Crippen LogP contribution is -2.40. The van der Waals surface area contributed by atoms with Crippen LogP contribution in [-0.4, -0.2) is 83.0 Å². The number of ether oxygens (including phenoxy) is 1. The molecule has 0 amide bonds. The summed E-state index contributed by atoms with van der Waals surface area (Å²) in [5.41, 5.74) is -0.125. The lowest BCUT2D eigenvalue weighted by atomic mass is 10.2. The van der Waals surface area contributed by atoms with Crippen molar-refractivity contribution in [1.82, 2.24) is 9.62 Å². The van der Waals surface area contributed by atoms with Crippen molar-refractivity contribution in [2.24, 2.45) is 0 Å². The van der Waals surface area contributed by atoms with Gasteiger partial charge in [-0.05, 0) is 18.6 Å². The Morgan fingerprint density at radius 3 is 2.59 bits per heavy atom. The van der Waals surface area contributed by atoms with Gasteiger partial charge in [-0.2, -0.15) is 4.31 Å². The van der Waals surface area contributed by atoms with Crippen LogP contribution >= 0.6 is 0 Å². The number of anilines is 1. The fraction of sp³-hybridized carbons (Fsp3) is 0.625. The summed E-state index contributed by atoms with van der Waals surface area (Å²) in [4.78, 5) is 10.7. The van der Waals surface area contributed by atoms with Crippen molar-refractivity contribution in [3.8, 4) is 0 Å². The Labute approximate surface area is 169 Å². The zero-order valence-corrected chi connectivity index (χ0v) is 17.4. The molecule has 29 heavy (non-hydrogen) atoms. The van der Waals surface area contributed by atoms with Crippen molar-refractivity contribution in [2.45, 2.75) is 17.4 Å². The minimum atomic E-state index is -3.83. The number of nitrogens with zero attached hydrogens (tertiary/aromatic N) is 2. The van der Waals surface area contributed by atoms with E-state index in [0.717, 1.165) is 6.07 Å². The molecule has 0 bridgehead atoms. The maximum Gasteiger partial charge on any atom is 0.293 e. The van der Waals surface area contributed by atoms with E-state index in [0.29, 0.717) is 19.5 Å². The second-order valence-electron chi connectivity index (χ2n) is 6.93. The van der Waals surface area contributed by atoms with Gasteiger partial charge < -0.3 is 15.4 Å². The highest BCUT2D eigenvalue weighted by Gasteiger charge is 2.29. The topological polar surface area (TPSA) is 148 Å². The van der Waals surface area contributed by atoms with Crippen LogP contribution < -0.4 is 10.6 Å². The molecule has 1 atom stereocenters. The first kappa shape index (κ1) is 21.9. The number of benzene rings is 1. The van der Waals surface area contributed by atoms with E-state index >= 15 is 0 Å². The standard InChI is InChI=1S/C16H24N4O7S2/c21-20(22)16-11-14(29(25,26)19-6-8-27-9-7-19)1-2-15(16)18-5-4-17-13-3-10-28(23,24)12-13/h1-2,11,13,17-18H,3-10,12H2/t13-/m0/s1. The van der Waals surface area contributed by atoms with Gasteiger partial charge in [0.15, 0.2) is 9.84 Å². The lowest BCUT2D eigenvalue weighted by Gasteiger charge is -2.26. The van der Waals surface area contributed by atoms with Crippen LogP contribution in [0.5, 0.6) is 0 Å². The van der Waals surface area contributed by atoms with Crippen LogP contribution in [0.4, 0.5) is 11.4 Å². The van der Waals surface area contributed by atoms with Gasteiger partial charge in [0.05, 0.1) is 34.5 Å². The SMILES string of the molecule is O=[N+]([O-])c1cc(S(=O)(=O)N2CCOCC2)ccc1NCCN[C@H]1CCS(=O)(=O)C1. The fourth-order valence-corrected chi connectivity index (χ4v) is 6.47. The highest BCUT2D eigenvalue weighted by atomic mass is 32.2. The number of hydrogen-bond acceptors (Lipinski definition) is 9. The summed E-state index contributed by atoms with van der Waals surface area (Å²) < 4.78 is 54.7. The Hall–Kier alpha value is -1.80. The highest BCUT2D eigenvalue weighted by molar-refractivity contribution is 7.91. The quantitative estimate of drug-likeness (QED) is 0.313. The lowest BCUT2D eigenvalue weighted by molar-refractivity contribution is -0.384. The van der Waals surface area contributed by atoms with Crippen LogP contribution in [0, 0.1) is 10.1 Å². The van der Waals surface area contributed by atoms with Crippen molar-refractivity contribution in [3.63, 3.8) is 0 Å². The molecule has 0 aromatic heterocycles. The summed E-state index contributed by atoms with van der Waals surface area (Å²) >= 11 is 0. The Morgan fingerprint density at radius 2 is 1.97 bits per heavy atom. The van der Waals surface area contributed by atoms with E-state index in [2.05, 4.69) is 10.6 Å². The predicted octanol–water partition coefficient (Wildman–Crippen LogP) is -0.196. The summed E-state index contributed by atoms with van der Waals surface area (Å²) in [7, 11) is -6.80. The Bertz CT molecular complexity index is 959. The molecule has 2 aliphatic heterocycles. The van der Waals surface area contributed by atoms with Gasteiger partial charge in [-0.3, -0.25) is 10.1 Å². The number of sulfone groups is 1. The molecule has 2 heterocycles. The molecule has 2 N–H and O–H groups in total. The second kappa shape index (κ2) is 8.92. The molecular formula is C16H24N4O7S2. The number of hydrogen-bond donors (Lipinski definition) is 2. The monoisotopic (exact) mass is 448 g/mol. The van der Waals surface area contributed by atoms with Crippen LogP contribution in [0.1, 0.15) is 6.42 Å². The van der Waals surface area contributed by atoms with Crippen LogP contribution in [0.3, 0.4) is 0 Å². The number of sulfonamides is 1. The minimum absolute atomic E-state index is 0.0985. The molecule has 1 aromatic rings. The first-order valence-electron chi connectivity index (χ1n) is 9.23. The van der Waals surface area contributed by atoms with Gasteiger partial charge in [0.1, 0.15) is 5.69 Å². The van der Waals surface area contributed by atoms with Crippen molar-refractivity contribution < 1.29 is 26.5 Å². The van der Waals surface area contributed by atoms with Crippen LogP contribution in [0.2, 0.25) is 0 Å². The van der Waals surface area contributed by atoms with Gasteiger partial charge in [0.25, 0.3) is 5.69 Å². The van der Waals surface area contributed by atoms with Crippen LogP contribution in [0.25, 0.3) is 0 Å². The third kappa shape index (κ3) is 5.42. The van der Waals surface area contributed by atoms with E-state index in [1.54, 1.807) is 0 Å². The molecule has 0 unspecified atom stereocenters. The first-order valence-corrected chi connectivity index (χ1v) is 12.5. The zero-order chi connectivity index (χ0) is 21.1. The average molecular weight is 449 g/mol. The molecule has 3 rings (SSSR count). The Kier molecular flexibility index (Phi) is 6.73. The molecule has 13 heteroatoms. The van der Waals surface area contributed by atoms with E-state index in [4.69, 9.17) is 4.74 Å². The molecule has 11 nitrogen and oxygen atoms in total. The smallest absolute Gasteiger partial charge is 0.293 e. The van der Waals surface area contributed by atoms with Crippen molar-refractivity contribution >= 4 is 31.2 Å². The van der Waals surface area contributed by atoms with Gasteiger partial charge in [0, 0.05) is 38.3 Å². The largest absolute Gasteiger partial charge is 0.379 e. The maximum atomic E-state index is 12.7. The van der Waals surface area contributed by atoms with Crippen LogP contribution in [0.15, 0.2) is 23.1 Å². The summed E-state index contributed by atoms with van der Waals surface area (Å²) in [6.45, 7) is 1.74. The molecule has 2 fully saturated rings. The average Bonchev–Trinajstić information content (AvgIpc) is 3.04. The zero-order valence-electron chi connectivity index (χ0n) is 15.7. The number of nitrogens with one attached hydrogen (secondary N) is 2. The van der Waals surface area contributed by atoms with E-state index in [-0.39, 0.29) is 60.1 Å². The molecule has 0 radical (unpaired) electrons.